The van der Waals surface area contributed by atoms with Crippen LogP contribution in [0.2, 0.25) is 0 Å². The van der Waals surface area contributed by atoms with E-state index in [9.17, 15) is 0 Å². The lowest BCUT2D eigenvalue weighted by Crippen LogP contribution is -2.13. The Labute approximate surface area is 396 Å². The first-order valence-electron chi connectivity index (χ1n) is 22.7. The van der Waals surface area contributed by atoms with Gasteiger partial charge < -0.3 is 9.47 Å². The van der Waals surface area contributed by atoms with Gasteiger partial charge in [0.05, 0.1) is 11.4 Å². The molecule has 0 saturated heterocycles. The molecule has 9 aromatic carbocycles. The maximum absolute atomic E-state index is 7.23. The topological polar surface area (TPSA) is 31.4 Å². The van der Waals surface area contributed by atoms with Gasteiger partial charge >= 0.3 is 0 Å². The van der Waals surface area contributed by atoms with Gasteiger partial charge in [-0.1, -0.05) is 127 Å². The van der Waals surface area contributed by atoms with E-state index >= 15 is 0 Å². The van der Waals surface area contributed by atoms with Crippen molar-refractivity contribution in [3.63, 3.8) is 0 Å². The van der Waals surface area contributed by atoms with Crippen LogP contribution in [0.5, 0.6) is 23.0 Å². The van der Waals surface area contributed by atoms with Crippen LogP contribution in [-0.2, 0) is 0 Å². The predicted molar refractivity (Wildman–Crippen MR) is 275 cm³/mol. The lowest BCUT2D eigenvalue weighted by atomic mass is 9.92. The minimum absolute atomic E-state index is 0.828. The number of hydrogen-bond donors (Lipinski definition) is 0. The summed E-state index contributed by atoms with van der Waals surface area (Å²) >= 11 is 0. The molecule has 2 aliphatic heterocycles. The van der Waals surface area contributed by atoms with Crippen molar-refractivity contribution in [3.8, 4) is 56.6 Å². The molecule has 0 atom stereocenters. The Morgan fingerprint density at radius 1 is 0.343 bits per heavy atom. The molecule has 0 bridgehead atoms. The Morgan fingerprint density at radius 2 is 0.687 bits per heavy atom. The van der Waals surface area contributed by atoms with Crippen LogP contribution >= 0.6 is 20.1 Å². The zero-order valence-corrected chi connectivity index (χ0v) is 39.2. The first kappa shape index (κ1) is 40.9. The maximum atomic E-state index is 7.23. The fourth-order valence-electron chi connectivity index (χ4n) is 10.5. The molecule has 0 aliphatic carbocycles. The standard InChI is InChI=1S/C62H47NO2S2/c1-42-38-43(2)60(44(3)39-42)45-40-52(50-30-20-36-58-61(50)64-54-32-16-18-34-56(54)66(58,46-22-8-4-9-23-46)47-24-10-5-11-25-47)63-53(41-45)51-31-21-37-59-62(51)65-55-33-17-19-35-57(55)67(59,48-26-12-6-13-27-48)49-28-14-7-15-29-49/h4-41H,1-3H3. The molecule has 324 valence electrons. The van der Waals surface area contributed by atoms with Crippen LogP contribution in [0.25, 0.3) is 33.6 Å². The minimum Gasteiger partial charge on any atom is -0.454 e. The van der Waals surface area contributed by atoms with Crippen molar-refractivity contribution >= 4 is 20.1 Å². The van der Waals surface area contributed by atoms with E-state index in [0.29, 0.717) is 0 Å². The monoisotopic (exact) mass is 901 g/mol. The fraction of sp³-hybridized carbons (Fsp3) is 0.0484. The molecule has 12 rings (SSSR count). The van der Waals surface area contributed by atoms with Gasteiger partial charge in [-0.3, -0.25) is 0 Å². The Hall–Kier alpha value is -7.57. The van der Waals surface area contributed by atoms with Crippen molar-refractivity contribution in [1.82, 2.24) is 4.98 Å². The molecule has 1 aromatic heterocycles. The van der Waals surface area contributed by atoms with Gasteiger partial charge in [0.15, 0.2) is 0 Å². The van der Waals surface area contributed by atoms with Gasteiger partial charge in [0.25, 0.3) is 0 Å². The quantitative estimate of drug-likeness (QED) is 0.160. The van der Waals surface area contributed by atoms with Crippen LogP contribution < -0.4 is 9.47 Å². The van der Waals surface area contributed by atoms with E-state index in [1.54, 1.807) is 0 Å². The molecule has 3 heterocycles. The molecule has 0 radical (unpaired) electrons. The van der Waals surface area contributed by atoms with Gasteiger partial charge in [-0.25, -0.2) is 4.98 Å². The second-order valence-electron chi connectivity index (χ2n) is 17.2. The van der Waals surface area contributed by atoms with E-state index < -0.39 is 20.1 Å². The second kappa shape index (κ2) is 16.4. The molecular formula is C62H47NO2S2. The molecule has 0 N–H and O–H groups in total. The largest absolute Gasteiger partial charge is 0.454 e. The highest BCUT2D eigenvalue weighted by Crippen LogP contribution is 2.81. The van der Waals surface area contributed by atoms with E-state index in [4.69, 9.17) is 14.5 Å². The van der Waals surface area contributed by atoms with E-state index in [2.05, 4.69) is 251 Å². The van der Waals surface area contributed by atoms with Crippen LogP contribution in [0.15, 0.2) is 270 Å². The number of aryl methyl sites for hydroxylation is 3. The Bertz CT molecular complexity index is 3200. The van der Waals surface area contributed by atoms with Crippen molar-refractivity contribution in [3.05, 3.63) is 247 Å². The lowest BCUT2D eigenvalue weighted by molar-refractivity contribution is 0.453. The van der Waals surface area contributed by atoms with Crippen molar-refractivity contribution < 1.29 is 9.47 Å². The fourth-order valence-corrected chi connectivity index (χ4v) is 18.7. The van der Waals surface area contributed by atoms with Gasteiger partial charge in [0.1, 0.15) is 23.0 Å². The van der Waals surface area contributed by atoms with Crippen LogP contribution in [-0.4, -0.2) is 4.98 Å². The predicted octanol–water partition coefficient (Wildman–Crippen LogP) is 17.9. The summed E-state index contributed by atoms with van der Waals surface area (Å²) in [4.78, 5) is 15.4. The lowest BCUT2D eigenvalue weighted by Gasteiger charge is -2.46. The molecule has 0 spiro atoms. The van der Waals surface area contributed by atoms with Crippen molar-refractivity contribution in [2.75, 3.05) is 0 Å². The van der Waals surface area contributed by atoms with Crippen LogP contribution in [0.1, 0.15) is 16.7 Å². The van der Waals surface area contributed by atoms with E-state index in [0.717, 1.165) is 60.9 Å². The van der Waals surface area contributed by atoms with Gasteiger partial charge in [-0.15, -0.1) is 20.1 Å². The summed E-state index contributed by atoms with van der Waals surface area (Å²) in [7, 11) is -4.05. The third-order valence-electron chi connectivity index (χ3n) is 13.1. The molecule has 5 heteroatoms. The normalized spacial score (nSPS) is 14.7. The first-order chi connectivity index (χ1) is 33.0. The smallest absolute Gasteiger partial charge is 0.149 e. The molecule has 0 amide bonds. The summed E-state index contributed by atoms with van der Waals surface area (Å²) < 4.78 is 14.5. The average Bonchev–Trinajstić information content (AvgIpc) is 3.37. The summed E-state index contributed by atoms with van der Waals surface area (Å²) in [6, 6.07) is 83.5. The summed E-state index contributed by atoms with van der Waals surface area (Å²) in [5.74, 6) is 3.37. The Morgan fingerprint density at radius 3 is 1.07 bits per heavy atom. The molecule has 67 heavy (non-hydrogen) atoms. The molecular weight excluding hydrogens is 855 g/mol. The molecule has 0 fully saturated rings. The third kappa shape index (κ3) is 6.41. The van der Waals surface area contributed by atoms with Gasteiger partial charge in [0, 0.05) is 50.3 Å². The number of para-hydroxylation sites is 4. The summed E-state index contributed by atoms with van der Waals surface area (Å²) in [5.41, 5.74) is 9.49. The highest BCUT2D eigenvalue weighted by molar-refractivity contribution is 8.34. The Kier molecular flexibility index (Phi) is 10.0. The number of rotatable bonds is 7. The highest BCUT2D eigenvalue weighted by atomic mass is 32.3. The van der Waals surface area contributed by atoms with Crippen LogP contribution in [0.3, 0.4) is 0 Å². The first-order valence-corrected chi connectivity index (χ1v) is 26.0. The molecule has 10 aromatic rings. The third-order valence-corrected chi connectivity index (χ3v) is 21.0. The maximum Gasteiger partial charge on any atom is 0.149 e. The molecule has 3 nitrogen and oxygen atoms in total. The minimum atomic E-state index is -2.02. The Balaban J connectivity index is 1.15. The summed E-state index contributed by atoms with van der Waals surface area (Å²) in [6.07, 6.45) is 0. The zero-order chi connectivity index (χ0) is 45.1. The molecule has 0 unspecified atom stereocenters. The number of nitrogens with zero attached hydrogens (tertiary/aromatic N) is 1. The highest BCUT2D eigenvalue weighted by Gasteiger charge is 2.44. The number of ether oxygens (including phenoxy) is 2. The summed E-state index contributed by atoms with van der Waals surface area (Å²) in [6.45, 7) is 6.61. The van der Waals surface area contributed by atoms with Crippen molar-refractivity contribution in [1.29, 1.82) is 0 Å². The van der Waals surface area contributed by atoms with Crippen LogP contribution in [0.4, 0.5) is 0 Å². The SMILES string of the molecule is Cc1cc(C)c(-c2cc(-c3cccc4c3Oc3ccccc3S4(c3ccccc3)c3ccccc3)nc(-c3cccc4c3Oc3ccccc3S4(c3ccccc3)c3ccccc3)c2)c(C)c1. The van der Waals surface area contributed by atoms with E-state index in [1.165, 1.54) is 51.6 Å². The van der Waals surface area contributed by atoms with Crippen molar-refractivity contribution in [2.24, 2.45) is 0 Å². The average molecular weight is 902 g/mol. The van der Waals surface area contributed by atoms with E-state index in [-0.39, 0.29) is 0 Å². The van der Waals surface area contributed by atoms with Gasteiger partial charge in [0.2, 0.25) is 0 Å². The summed E-state index contributed by atoms with van der Waals surface area (Å²) in [5, 5.41) is 0. The van der Waals surface area contributed by atoms with Gasteiger partial charge in [-0.05, 0) is 152 Å². The number of benzene rings is 9. The van der Waals surface area contributed by atoms with E-state index in [1.807, 2.05) is 0 Å². The number of aromatic nitrogens is 1. The zero-order valence-electron chi connectivity index (χ0n) is 37.5. The number of hydrogen-bond acceptors (Lipinski definition) is 3. The van der Waals surface area contributed by atoms with Crippen LogP contribution in [0, 0.1) is 20.8 Å². The van der Waals surface area contributed by atoms with Gasteiger partial charge in [-0.2, -0.15) is 0 Å². The number of pyridine rings is 1. The molecule has 2 aliphatic rings. The van der Waals surface area contributed by atoms with Crippen molar-refractivity contribution in [2.45, 2.75) is 59.9 Å². The number of fused-ring (bicyclic) bond motifs is 4. The second-order valence-corrected chi connectivity index (χ2v) is 23.3. The molecule has 0 saturated carbocycles.